The molecule has 6 heteroatoms. The molecule has 2 atom stereocenters. The van der Waals surface area contributed by atoms with Crippen molar-refractivity contribution in [2.75, 3.05) is 6.61 Å². The van der Waals surface area contributed by atoms with Gasteiger partial charge in [-0.2, -0.15) is 0 Å². The van der Waals surface area contributed by atoms with Gasteiger partial charge in [0.15, 0.2) is 0 Å². The van der Waals surface area contributed by atoms with Gasteiger partial charge in [-0.1, -0.05) is 18.2 Å². The number of alkyl carbamates (subject to hydrolysis) is 1. The molecule has 1 saturated carbocycles. The standard InChI is InChI=1S/C17H23NO5/c1-5-22-13-9-7-6-8-11(13)12-10-17(12,14(19)20)18-15(21)23-16(2,3)4/h6-9,12H,5,10H2,1-4H3,(H,18,21)(H,19,20). The van der Waals surface area contributed by atoms with E-state index in [2.05, 4.69) is 5.32 Å². The molecule has 1 fully saturated rings. The number of aliphatic carboxylic acids is 1. The van der Waals surface area contributed by atoms with Crippen molar-refractivity contribution in [1.29, 1.82) is 0 Å². The van der Waals surface area contributed by atoms with Gasteiger partial charge in [0.05, 0.1) is 6.61 Å². The molecular formula is C17H23NO5. The Labute approximate surface area is 135 Å². The van der Waals surface area contributed by atoms with Crippen LogP contribution in [0.3, 0.4) is 0 Å². The molecule has 1 aliphatic rings. The van der Waals surface area contributed by atoms with E-state index in [-0.39, 0.29) is 5.92 Å². The van der Waals surface area contributed by atoms with Crippen LogP contribution >= 0.6 is 0 Å². The fourth-order valence-corrected chi connectivity index (χ4v) is 2.61. The number of benzene rings is 1. The molecule has 0 heterocycles. The third kappa shape index (κ3) is 3.75. The predicted molar refractivity (Wildman–Crippen MR) is 84.7 cm³/mol. The van der Waals surface area contributed by atoms with Crippen LogP contribution in [0.4, 0.5) is 4.79 Å². The van der Waals surface area contributed by atoms with Crippen LogP contribution in [0.25, 0.3) is 0 Å². The normalized spacial score (nSPS) is 23.0. The van der Waals surface area contributed by atoms with Gasteiger partial charge in [0, 0.05) is 11.5 Å². The summed E-state index contributed by atoms with van der Waals surface area (Å²) >= 11 is 0. The molecule has 126 valence electrons. The highest BCUT2D eigenvalue weighted by molar-refractivity contribution is 5.90. The summed E-state index contributed by atoms with van der Waals surface area (Å²) in [6, 6.07) is 7.30. The quantitative estimate of drug-likeness (QED) is 0.871. The molecule has 0 bridgehead atoms. The maximum atomic E-state index is 12.0. The summed E-state index contributed by atoms with van der Waals surface area (Å²) in [5, 5.41) is 12.1. The SMILES string of the molecule is CCOc1ccccc1C1CC1(NC(=O)OC(C)(C)C)C(=O)O. The lowest BCUT2D eigenvalue weighted by Crippen LogP contribution is -2.46. The van der Waals surface area contributed by atoms with Crippen LogP contribution in [-0.2, 0) is 9.53 Å². The van der Waals surface area contributed by atoms with E-state index >= 15 is 0 Å². The molecule has 2 unspecified atom stereocenters. The summed E-state index contributed by atoms with van der Waals surface area (Å²) < 4.78 is 10.7. The summed E-state index contributed by atoms with van der Waals surface area (Å²) in [7, 11) is 0. The molecule has 1 aromatic rings. The van der Waals surface area contributed by atoms with E-state index in [1.54, 1.807) is 26.8 Å². The number of carbonyl (C=O) groups excluding carboxylic acids is 1. The van der Waals surface area contributed by atoms with Crippen LogP contribution in [0, 0.1) is 0 Å². The number of ether oxygens (including phenoxy) is 2. The number of amides is 1. The van der Waals surface area contributed by atoms with Crippen molar-refractivity contribution >= 4 is 12.1 Å². The van der Waals surface area contributed by atoms with Crippen molar-refractivity contribution in [3.63, 3.8) is 0 Å². The van der Waals surface area contributed by atoms with E-state index in [4.69, 9.17) is 9.47 Å². The summed E-state index contributed by atoms with van der Waals surface area (Å²) in [5.74, 6) is -0.760. The molecule has 0 aliphatic heterocycles. The van der Waals surface area contributed by atoms with E-state index in [9.17, 15) is 14.7 Å². The molecular weight excluding hydrogens is 298 g/mol. The van der Waals surface area contributed by atoms with Gasteiger partial charge < -0.3 is 19.9 Å². The minimum atomic E-state index is -1.34. The van der Waals surface area contributed by atoms with Crippen LogP contribution in [0.1, 0.15) is 45.6 Å². The number of carboxylic acid groups (broad SMARTS) is 1. The Hall–Kier alpha value is -2.24. The number of carboxylic acids is 1. The van der Waals surface area contributed by atoms with Gasteiger partial charge >= 0.3 is 12.1 Å². The highest BCUT2D eigenvalue weighted by atomic mass is 16.6. The Morgan fingerprint density at radius 2 is 2.00 bits per heavy atom. The molecule has 2 N–H and O–H groups in total. The largest absolute Gasteiger partial charge is 0.494 e. The van der Waals surface area contributed by atoms with Crippen molar-refractivity contribution in [3.05, 3.63) is 29.8 Å². The Bertz CT molecular complexity index is 607. The minimum Gasteiger partial charge on any atom is -0.494 e. The topological polar surface area (TPSA) is 84.9 Å². The zero-order valence-corrected chi connectivity index (χ0v) is 13.9. The van der Waals surface area contributed by atoms with Gasteiger partial charge in [0.2, 0.25) is 0 Å². The molecule has 6 nitrogen and oxygen atoms in total. The Morgan fingerprint density at radius 1 is 1.35 bits per heavy atom. The first kappa shape index (κ1) is 17.1. The Balaban J connectivity index is 2.20. The van der Waals surface area contributed by atoms with Crippen molar-refractivity contribution in [2.24, 2.45) is 0 Å². The highest BCUT2D eigenvalue weighted by Crippen LogP contribution is 2.54. The van der Waals surface area contributed by atoms with E-state index in [0.29, 0.717) is 18.8 Å². The van der Waals surface area contributed by atoms with Crippen LogP contribution in [0.15, 0.2) is 24.3 Å². The van der Waals surface area contributed by atoms with Crippen molar-refractivity contribution in [3.8, 4) is 5.75 Å². The van der Waals surface area contributed by atoms with E-state index in [0.717, 1.165) is 5.56 Å². The van der Waals surface area contributed by atoms with E-state index in [1.807, 2.05) is 25.1 Å². The van der Waals surface area contributed by atoms with Crippen LogP contribution in [0.2, 0.25) is 0 Å². The van der Waals surface area contributed by atoms with Crippen LogP contribution < -0.4 is 10.1 Å². The second-order valence-electron chi connectivity index (χ2n) is 6.63. The second-order valence-corrected chi connectivity index (χ2v) is 6.63. The Kier molecular flexibility index (Phi) is 4.54. The number of para-hydroxylation sites is 1. The van der Waals surface area contributed by atoms with Crippen LogP contribution in [-0.4, -0.2) is 34.9 Å². The smallest absolute Gasteiger partial charge is 0.408 e. The molecule has 23 heavy (non-hydrogen) atoms. The van der Waals surface area contributed by atoms with Crippen LogP contribution in [0.5, 0.6) is 5.75 Å². The fourth-order valence-electron chi connectivity index (χ4n) is 2.61. The van der Waals surface area contributed by atoms with E-state index in [1.165, 1.54) is 0 Å². The summed E-state index contributed by atoms with van der Waals surface area (Å²) in [6.07, 6.45) is -0.414. The molecule has 0 aromatic heterocycles. The number of hydrogen-bond donors (Lipinski definition) is 2. The fraction of sp³-hybridized carbons (Fsp3) is 0.529. The zero-order valence-electron chi connectivity index (χ0n) is 13.9. The number of hydrogen-bond acceptors (Lipinski definition) is 4. The van der Waals surface area contributed by atoms with Gasteiger partial charge in [0.25, 0.3) is 0 Å². The monoisotopic (exact) mass is 321 g/mol. The summed E-state index contributed by atoms with van der Waals surface area (Å²) in [4.78, 5) is 23.7. The maximum absolute atomic E-state index is 12.0. The van der Waals surface area contributed by atoms with Gasteiger partial charge in [-0.25, -0.2) is 9.59 Å². The first-order chi connectivity index (χ1) is 10.7. The molecule has 1 aliphatic carbocycles. The Morgan fingerprint density at radius 3 is 2.57 bits per heavy atom. The summed E-state index contributed by atoms with van der Waals surface area (Å²) in [5.41, 5.74) is -1.24. The second kappa shape index (κ2) is 6.10. The van der Waals surface area contributed by atoms with E-state index < -0.39 is 23.2 Å². The van der Waals surface area contributed by atoms with Crippen molar-refractivity contribution in [1.82, 2.24) is 5.32 Å². The first-order valence-corrected chi connectivity index (χ1v) is 7.66. The minimum absolute atomic E-state index is 0.311. The summed E-state index contributed by atoms with van der Waals surface area (Å²) in [6.45, 7) is 7.55. The number of carbonyl (C=O) groups is 2. The molecule has 0 radical (unpaired) electrons. The molecule has 0 spiro atoms. The average Bonchev–Trinajstić information content (AvgIpc) is 3.13. The lowest BCUT2D eigenvalue weighted by atomic mass is 10.0. The van der Waals surface area contributed by atoms with Crippen molar-refractivity contribution in [2.45, 2.75) is 51.2 Å². The van der Waals surface area contributed by atoms with Gasteiger partial charge in [-0.3, -0.25) is 0 Å². The molecule has 1 amide bonds. The van der Waals surface area contributed by atoms with Gasteiger partial charge in [-0.05, 0) is 40.2 Å². The average molecular weight is 321 g/mol. The van der Waals surface area contributed by atoms with Gasteiger partial charge in [-0.15, -0.1) is 0 Å². The first-order valence-electron chi connectivity index (χ1n) is 7.66. The third-order valence-corrected chi connectivity index (χ3v) is 3.66. The van der Waals surface area contributed by atoms with Crippen molar-refractivity contribution < 1.29 is 24.2 Å². The highest BCUT2D eigenvalue weighted by Gasteiger charge is 2.63. The third-order valence-electron chi connectivity index (χ3n) is 3.66. The number of nitrogens with one attached hydrogen (secondary N) is 1. The van der Waals surface area contributed by atoms with Gasteiger partial charge in [0.1, 0.15) is 16.9 Å². The lowest BCUT2D eigenvalue weighted by molar-refractivity contribution is -0.140. The number of rotatable bonds is 5. The molecule has 1 aromatic carbocycles. The predicted octanol–water partition coefficient (Wildman–Crippen LogP) is 2.92. The zero-order chi connectivity index (χ0) is 17.3. The maximum Gasteiger partial charge on any atom is 0.408 e. The lowest BCUT2D eigenvalue weighted by Gasteiger charge is -2.22. The molecule has 2 rings (SSSR count). The molecule has 0 saturated heterocycles.